The third-order valence-corrected chi connectivity index (χ3v) is 3.48. The molecule has 0 saturated carbocycles. The van der Waals surface area contributed by atoms with Crippen LogP contribution in [0.4, 0.5) is 0 Å². The van der Waals surface area contributed by atoms with Gasteiger partial charge in [0.25, 0.3) is 0 Å². The van der Waals surface area contributed by atoms with Crippen molar-refractivity contribution in [1.29, 1.82) is 0 Å². The molecule has 5 nitrogen and oxygen atoms in total. The second-order valence-corrected chi connectivity index (χ2v) is 6.72. The monoisotopic (exact) mass is 344 g/mol. The molecule has 0 radical (unpaired) electrons. The van der Waals surface area contributed by atoms with E-state index in [1.165, 1.54) is 4.90 Å². The van der Waals surface area contributed by atoms with Crippen LogP contribution in [0.2, 0.25) is 0 Å². The highest BCUT2D eigenvalue weighted by atomic mass is 35.5. The SMILES string of the molecule is CN(CC(O)COCc1ccccc1)C(=O)[C@@H](N)C(C)(C)C.Cl. The molecule has 0 fully saturated rings. The molecule has 2 atom stereocenters. The van der Waals surface area contributed by atoms with E-state index in [1.807, 2.05) is 51.1 Å². The van der Waals surface area contributed by atoms with E-state index in [0.29, 0.717) is 6.61 Å². The maximum Gasteiger partial charge on any atom is 0.239 e. The number of hydrogen-bond acceptors (Lipinski definition) is 4. The minimum atomic E-state index is -0.732. The summed E-state index contributed by atoms with van der Waals surface area (Å²) >= 11 is 0. The van der Waals surface area contributed by atoms with Crippen LogP contribution in [0.1, 0.15) is 26.3 Å². The molecule has 1 aromatic carbocycles. The van der Waals surface area contributed by atoms with Gasteiger partial charge in [0.05, 0.1) is 25.4 Å². The predicted octanol–water partition coefficient (Wildman–Crippen LogP) is 1.82. The van der Waals surface area contributed by atoms with Crippen LogP contribution < -0.4 is 5.73 Å². The van der Waals surface area contributed by atoms with Gasteiger partial charge in [0.1, 0.15) is 0 Å². The summed E-state index contributed by atoms with van der Waals surface area (Å²) in [5, 5.41) is 9.97. The molecular weight excluding hydrogens is 316 g/mol. The number of carbonyl (C=O) groups excluding carboxylic acids is 1. The standard InChI is InChI=1S/C17H28N2O3.ClH/c1-17(2,3)15(18)16(21)19(4)10-14(20)12-22-11-13-8-6-5-7-9-13;/h5-9,14-15,20H,10-12,18H2,1-4H3;1H/t14?,15-;/m1./s1. The molecule has 0 saturated heterocycles. The maximum atomic E-state index is 12.2. The summed E-state index contributed by atoms with van der Waals surface area (Å²) in [6.45, 7) is 6.58. The fourth-order valence-corrected chi connectivity index (χ4v) is 1.95. The second kappa shape index (κ2) is 9.88. The minimum Gasteiger partial charge on any atom is -0.389 e. The number of hydrogen-bond donors (Lipinski definition) is 2. The Hall–Kier alpha value is -1.14. The number of nitrogens with two attached hydrogens (primary N) is 1. The molecule has 0 heterocycles. The van der Waals surface area contributed by atoms with Gasteiger partial charge in [0.15, 0.2) is 0 Å². The molecule has 0 aromatic heterocycles. The number of carbonyl (C=O) groups is 1. The fraction of sp³-hybridized carbons (Fsp3) is 0.588. The van der Waals surface area contributed by atoms with Gasteiger partial charge in [-0.3, -0.25) is 4.79 Å². The Morgan fingerprint density at radius 1 is 1.30 bits per heavy atom. The lowest BCUT2D eigenvalue weighted by atomic mass is 9.86. The van der Waals surface area contributed by atoms with Crippen LogP contribution in [0, 0.1) is 5.41 Å². The van der Waals surface area contributed by atoms with Crippen molar-refractivity contribution in [3.05, 3.63) is 35.9 Å². The molecule has 1 amide bonds. The number of aliphatic hydroxyl groups excluding tert-OH is 1. The number of rotatable bonds is 7. The molecule has 3 N–H and O–H groups in total. The van der Waals surface area contributed by atoms with Crippen molar-refractivity contribution in [2.45, 2.75) is 39.5 Å². The Labute approximate surface area is 145 Å². The Morgan fingerprint density at radius 2 is 1.87 bits per heavy atom. The number of halogens is 1. The van der Waals surface area contributed by atoms with Crippen LogP contribution in [-0.2, 0) is 16.1 Å². The maximum absolute atomic E-state index is 12.2. The van der Waals surface area contributed by atoms with Gasteiger partial charge >= 0.3 is 0 Å². The van der Waals surface area contributed by atoms with Crippen LogP contribution in [0.5, 0.6) is 0 Å². The lowest BCUT2D eigenvalue weighted by molar-refractivity contribution is -0.135. The lowest BCUT2D eigenvalue weighted by Crippen LogP contribution is -2.51. The van der Waals surface area contributed by atoms with Crippen molar-refractivity contribution in [2.75, 3.05) is 20.2 Å². The Morgan fingerprint density at radius 3 is 2.39 bits per heavy atom. The molecule has 0 spiro atoms. The summed E-state index contributed by atoms with van der Waals surface area (Å²) < 4.78 is 5.47. The normalized spacial score (nSPS) is 13.8. The summed E-state index contributed by atoms with van der Waals surface area (Å²) in [6.07, 6.45) is -0.732. The van der Waals surface area contributed by atoms with Crippen LogP contribution in [-0.4, -0.2) is 48.3 Å². The number of aliphatic hydroxyl groups is 1. The number of benzene rings is 1. The summed E-state index contributed by atoms with van der Waals surface area (Å²) in [5.74, 6) is -0.172. The van der Waals surface area contributed by atoms with E-state index in [1.54, 1.807) is 7.05 Å². The van der Waals surface area contributed by atoms with E-state index >= 15 is 0 Å². The van der Waals surface area contributed by atoms with Gasteiger partial charge in [-0.1, -0.05) is 51.1 Å². The molecular formula is C17H29ClN2O3. The first kappa shape index (κ1) is 21.9. The lowest BCUT2D eigenvalue weighted by Gasteiger charge is -2.30. The van der Waals surface area contributed by atoms with Gasteiger partial charge in [0.2, 0.25) is 5.91 Å². The Balaban J connectivity index is 0.00000484. The van der Waals surface area contributed by atoms with E-state index in [0.717, 1.165) is 5.56 Å². The number of likely N-dealkylation sites (N-methyl/N-ethyl adjacent to an activating group) is 1. The number of amides is 1. The highest BCUT2D eigenvalue weighted by Gasteiger charge is 2.30. The van der Waals surface area contributed by atoms with Crippen molar-refractivity contribution >= 4 is 18.3 Å². The smallest absolute Gasteiger partial charge is 0.239 e. The Bertz CT molecular complexity index is 463. The molecule has 1 unspecified atom stereocenters. The highest BCUT2D eigenvalue weighted by molar-refractivity contribution is 5.85. The molecule has 0 aliphatic heterocycles. The van der Waals surface area contributed by atoms with Gasteiger partial charge in [-0.15, -0.1) is 12.4 Å². The van der Waals surface area contributed by atoms with Gasteiger partial charge in [-0.25, -0.2) is 0 Å². The van der Waals surface area contributed by atoms with Crippen molar-refractivity contribution < 1.29 is 14.6 Å². The first-order valence-electron chi connectivity index (χ1n) is 7.52. The summed E-state index contributed by atoms with van der Waals surface area (Å²) in [7, 11) is 1.65. The molecule has 6 heteroatoms. The zero-order valence-electron chi connectivity index (χ0n) is 14.4. The van der Waals surface area contributed by atoms with Crippen molar-refractivity contribution in [2.24, 2.45) is 11.1 Å². The summed E-state index contributed by atoms with van der Waals surface area (Å²) in [6, 6.07) is 9.16. The predicted molar refractivity (Wildman–Crippen MR) is 94.4 cm³/mol. The topological polar surface area (TPSA) is 75.8 Å². The first-order chi connectivity index (χ1) is 10.2. The van der Waals surface area contributed by atoms with Crippen molar-refractivity contribution in [1.82, 2.24) is 4.90 Å². The van der Waals surface area contributed by atoms with Gasteiger partial charge < -0.3 is 20.5 Å². The molecule has 1 aromatic rings. The highest BCUT2D eigenvalue weighted by Crippen LogP contribution is 2.18. The third-order valence-electron chi connectivity index (χ3n) is 3.48. The van der Waals surface area contributed by atoms with Crippen LogP contribution in [0.3, 0.4) is 0 Å². The van der Waals surface area contributed by atoms with E-state index in [-0.39, 0.29) is 36.9 Å². The largest absolute Gasteiger partial charge is 0.389 e. The van der Waals surface area contributed by atoms with Crippen LogP contribution in [0.25, 0.3) is 0 Å². The minimum absolute atomic E-state index is 0. The summed E-state index contributed by atoms with van der Waals surface area (Å²) in [4.78, 5) is 13.6. The van der Waals surface area contributed by atoms with Crippen molar-refractivity contribution in [3.8, 4) is 0 Å². The summed E-state index contributed by atoms with van der Waals surface area (Å²) in [5.41, 5.74) is 6.69. The average molecular weight is 345 g/mol. The van der Waals surface area contributed by atoms with E-state index in [9.17, 15) is 9.90 Å². The molecule has 0 aliphatic carbocycles. The average Bonchev–Trinajstić information content (AvgIpc) is 2.45. The fourth-order valence-electron chi connectivity index (χ4n) is 1.95. The molecule has 23 heavy (non-hydrogen) atoms. The van der Waals surface area contributed by atoms with Crippen molar-refractivity contribution in [3.63, 3.8) is 0 Å². The third kappa shape index (κ3) is 7.79. The van der Waals surface area contributed by atoms with Crippen LogP contribution in [0.15, 0.2) is 30.3 Å². The Kier molecular flexibility index (Phi) is 9.39. The van der Waals surface area contributed by atoms with Gasteiger partial charge in [-0.05, 0) is 11.0 Å². The molecule has 0 bridgehead atoms. The van der Waals surface area contributed by atoms with E-state index in [4.69, 9.17) is 10.5 Å². The zero-order valence-corrected chi connectivity index (χ0v) is 15.2. The molecule has 1 rings (SSSR count). The zero-order chi connectivity index (χ0) is 16.8. The first-order valence-corrected chi connectivity index (χ1v) is 7.52. The quantitative estimate of drug-likeness (QED) is 0.791. The number of nitrogens with zero attached hydrogens (tertiary/aromatic N) is 1. The van der Waals surface area contributed by atoms with Gasteiger partial charge in [0, 0.05) is 13.6 Å². The second-order valence-electron chi connectivity index (χ2n) is 6.72. The molecule has 0 aliphatic rings. The van der Waals surface area contributed by atoms with Crippen LogP contribution >= 0.6 is 12.4 Å². The van der Waals surface area contributed by atoms with Gasteiger partial charge in [-0.2, -0.15) is 0 Å². The van der Waals surface area contributed by atoms with E-state index < -0.39 is 12.1 Å². The number of ether oxygens (including phenoxy) is 1. The van der Waals surface area contributed by atoms with E-state index in [2.05, 4.69) is 0 Å². The molecule has 132 valence electrons.